The fraction of sp³-hybridized carbons (Fsp3) is 0.316. The second kappa shape index (κ2) is 7.79. The topological polar surface area (TPSA) is 20.3 Å². The minimum Gasteiger partial charge on any atom is -0.333 e. The van der Waals surface area contributed by atoms with Gasteiger partial charge in [0.15, 0.2) is 11.6 Å². The molecule has 0 aliphatic heterocycles. The Labute approximate surface area is 145 Å². The van der Waals surface area contributed by atoms with Gasteiger partial charge in [0.05, 0.1) is 5.75 Å². The second-order valence-electron chi connectivity index (χ2n) is 6.50. The first-order valence-corrected chi connectivity index (χ1v) is 8.68. The molecule has 0 aliphatic rings. The fourth-order valence-corrected chi connectivity index (χ4v) is 3.05. The van der Waals surface area contributed by atoms with E-state index in [9.17, 15) is 13.6 Å². The largest absolute Gasteiger partial charge is 0.333 e. The highest BCUT2D eigenvalue weighted by Crippen LogP contribution is 2.24. The molecule has 128 valence electrons. The normalized spacial score (nSPS) is 11.4. The molecule has 0 saturated heterocycles. The van der Waals surface area contributed by atoms with Gasteiger partial charge in [0.2, 0.25) is 5.91 Å². The maximum absolute atomic E-state index is 13.3. The lowest BCUT2D eigenvalue weighted by molar-refractivity contribution is -0.133. The predicted octanol–water partition coefficient (Wildman–Crippen LogP) is 4.88. The third-order valence-corrected chi connectivity index (χ3v) is 4.53. The predicted molar refractivity (Wildman–Crippen MR) is 93.8 cm³/mol. The van der Waals surface area contributed by atoms with Crippen molar-refractivity contribution in [1.82, 2.24) is 4.90 Å². The highest BCUT2D eigenvalue weighted by Gasteiger charge is 2.26. The van der Waals surface area contributed by atoms with E-state index in [1.165, 1.54) is 17.8 Å². The molecule has 2 nitrogen and oxygen atoms in total. The number of halogens is 2. The van der Waals surface area contributed by atoms with Crippen molar-refractivity contribution in [2.45, 2.75) is 37.8 Å². The Morgan fingerprint density at radius 1 is 1.04 bits per heavy atom. The lowest BCUT2D eigenvalue weighted by atomic mass is 10.0. The summed E-state index contributed by atoms with van der Waals surface area (Å²) >= 11 is 1.21. The van der Waals surface area contributed by atoms with Gasteiger partial charge in [0.25, 0.3) is 0 Å². The maximum atomic E-state index is 13.3. The first-order chi connectivity index (χ1) is 11.3. The van der Waals surface area contributed by atoms with Gasteiger partial charge in [0, 0.05) is 17.0 Å². The SMILES string of the molecule is CC(C)(C)N(Cc1ccccc1)C(=O)CSc1ccc(F)c(F)c1. The average molecular weight is 349 g/mol. The van der Waals surface area contributed by atoms with E-state index in [0.717, 1.165) is 17.7 Å². The third-order valence-electron chi connectivity index (χ3n) is 3.55. The van der Waals surface area contributed by atoms with Gasteiger partial charge in [-0.05, 0) is 44.5 Å². The molecule has 0 saturated carbocycles. The molecule has 0 heterocycles. The van der Waals surface area contributed by atoms with Crippen LogP contribution in [-0.2, 0) is 11.3 Å². The summed E-state index contributed by atoms with van der Waals surface area (Å²) in [7, 11) is 0. The summed E-state index contributed by atoms with van der Waals surface area (Å²) in [5, 5.41) is 0. The quantitative estimate of drug-likeness (QED) is 0.717. The summed E-state index contributed by atoms with van der Waals surface area (Å²) in [5.41, 5.74) is 0.722. The van der Waals surface area contributed by atoms with Gasteiger partial charge in [-0.1, -0.05) is 30.3 Å². The Balaban J connectivity index is 2.06. The molecule has 0 fully saturated rings. The molecule has 2 rings (SSSR count). The zero-order chi connectivity index (χ0) is 17.7. The molecule has 0 atom stereocenters. The van der Waals surface area contributed by atoms with Crippen LogP contribution in [0.25, 0.3) is 0 Å². The molecule has 0 N–H and O–H groups in total. The van der Waals surface area contributed by atoms with Crippen LogP contribution in [0.4, 0.5) is 8.78 Å². The molecular formula is C19H21F2NOS. The van der Waals surface area contributed by atoms with Crippen molar-refractivity contribution < 1.29 is 13.6 Å². The summed E-state index contributed by atoms with van der Waals surface area (Å²) in [4.78, 5) is 15.0. The zero-order valence-electron chi connectivity index (χ0n) is 14.1. The second-order valence-corrected chi connectivity index (χ2v) is 7.55. The molecule has 0 bridgehead atoms. The Bertz CT molecular complexity index is 698. The van der Waals surface area contributed by atoms with Crippen molar-refractivity contribution in [3.05, 3.63) is 65.7 Å². The van der Waals surface area contributed by atoms with Crippen molar-refractivity contribution in [3.63, 3.8) is 0 Å². The zero-order valence-corrected chi connectivity index (χ0v) is 14.9. The van der Waals surface area contributed by atoms with Crippen molar-refractivity contribution >= 4 is 17.7 Å². The van der Waals surface area contributed by atoms with E-state index in [1.54, 1.807) is 4.90 Å². The van der Waals surface area contributed by atoms with Gasteiger partial charge in [-0.15, -0.1) is 11.8 Å². The molecule has 2 aromatic rings. The van der Waals surface area contributed by atoms with E-state index >= 15 is 0 Å². The van der Waals surface area contributed by atoms with Crippen molar-refractivity contribution in [2.24, 2.45) is 0 Å². The molecule has 5 heteroatoms. The number of amides is 1. The first-order valence-electron chi connectivity index (χ1n) is 7.69. The fourth-order valence-electron chi connectivity index (χ4n) is 2.26. The molecule has 0 aliphatic carbocycles. The van der Waals surface area contributed by atoms with Gasteiger partial charge in [-0.25, -0.2) is 8.78 Å². The summed E-state index contributed by atoms with van der Waals surface area (Å²) < 4.78 is 26.2. The monoisotopic (exact) mass is 349 g/mol. The Kier molecular flexibility index (Phi) is 5.99. The molecule has 1 amide bonds. The molecular weight excluding hydrogens is 328 g/mol. The third kappa shape index (κ3) is 5.06. The van der Waals surface area contributed by atoms with Gasteiger partial charge >= 0.3 is 0 Å². The summed E-state index contributed by atoms with van der Waals surface area (Å²) in [5.74, 6) is -1.65. The first kappa shape index (κ1) is 18.5. The van der Waals surface area contributed by atoms with E-state index in [0.29, 0.717) is 11.4 Å². The van der Waals surface area contributed by atoms with Crippen LogP contribution in [0.2, 0.25) is 0 Å². The van der Waals surface area contributed by atoms with Gasteiger partial charge < -0.3 is 4.90 Å². The minimum absolute atomic E-state index is 0.0407. The number of rotatable bonds is 5. The number of carbonyl (C=O) groups is 1. The number of carbonyl (C=O) groups excluding carboxylic acids is 1. The van der Waals surface area contributed by atoms with E-state index < -0.39 is 11.6 Å². The number of thioether (sulfide) groups is 1. The van der Waals surface area contributed by atoms with Crippen molar-refractivity contribution in [1.29, 1.82) is 0 Å². The number of benzene rings is 2. The molecule has 0 aromatic heterocycles. The number of nitrogens with zero attached hydrogens (tertiary/aromatic N) is 1. The Morgan fingerprint density at radius 3 is 2.29 bits per heavy atom. The number of hydrogen-bond acceptors (Lipinski definition) is 2. The van der Waals surface area contributed by atoms with Crippen LogP contribution >= 0.6 is 11.8 Å². The lowest BCUT2D eigenvalue weighted by Crippen LogP contribution is -2.45. The standard InChI is InChI=1S/C19H21F2NOS/c1-19(2,3)22(12-14-7-5-4-6-8-14)18(23)13-24-15-9-10-16(20)17(21)11-15/h4-11H,12-13H2,1-3H3. The van der Waals surface area contributed by atoms with Gasteiger partial charge in [-0.3, -0.25) is 4.79 Å². The Morgan fingerprint density at radius 2 is 1.71 bits per heavy atom. The minimum atomic E-state index is -0.899. The van der Waals surface area contributed by atoms with Gasteiger partial charge in [0.1, 0.15) is 0 Å². The maximum Gasteiger partial charge on any atom is 0.233 e. The van der Waals surface area contributed by atoms with Crippen LogP contribution < -0.4 is 0 Å². The molecule has 0 radical (unpaired) electrons. The summed E-state index contributed by atoms with van der Waals surface area (Å²) in [6.45, 7) is 6.46. The summed E-state index contributed by atoms with van der Waals surface area (Å²) in [6.07, 6.45) is 0. The highest BCUT2D eigenvalue weighted by molar-refractivity contribution is 8.00. The van der Waals surface area contributed by atoms with Crippen LogP contribution in [0.1, 0.15) is 26.3 Å². The van der Waals surface area contributed by atoms with Crippen LogP contribution in [0.3, 0.4) is 0 Å². The van der Waals surface area contributed by atoms with Crippen LogP contribution in [0.15, 0.2) is 53.4 Å². The summed E-state index contributed by atoms with van der Waals surface area (Å²) in [6, 6.07) is 13.5. The lowest BCUT2D eigenvalue weighted by Gasteiger charge is -2.36. The van der Waals surface area contributed by atoms with Crippen LogP contribution in [0, 0.1) is 11.6 Å². The van der Waals surface area contributed by atoms with Crippen molar-refractivity contribution in [3.8, 4) is 0 Å². The molecule has 2 aromatic carbocycles. The van der Waals surface area contributed by atoms with Crippen molar-refractivity contribution in [2.75, 3.05) is 5.75 Å². The van der Waals surface area contributed by atoms with Crippen LogP contribution in [-0.4, -0.2) is 22.1 Å². The molecule has 0 unspecified atom stereocenters. The van der Waals surface area contributed by atoms with E-state index in [1.807, 2.05) is 51.1 Å². The number of hydrogen-bond donors (Lipinski definition) is 0. The van der Waals surface area contributed by atoms with Gasteiger partial charge in [-0.2, -0.15) is 0 Å². The molecule has 24 heavy (non-hydrogen) atoms. The average Bonchev–Trinajstić information content (AvgIpc) is 2.53. The van der Waals surface area contributed by atoms with E-state index in [-0.39, 0.29) is 17.2 Å². The highest BCUT2D eigenvalue weighted by atomic mass is 32.2. The smallest absolute Gasteiger partial charge is 0.233 e. The van der Waals surface area contributed by atoms with E-state index in [2.05, 4.69) is 0 Å². The van der Waals surface area contributed by atoms with Crippen LogP contribution in [0.5, 0.6) is 0 Å². The molecule has 0 spiro atoms. The Hall–Kier alpha value is -1.88. The van der Waals surface area contributed by atoms with E-state index in [4.69, 9.17) is 0 Å².